The number of nitrogens with zero attached hydrogens (tertiary/aromatic N) is 1. The van der Waals surface area contributed by atoms with Gasteiger partial charge in [0.15, 0.2) is 0 Å². The highest BCUT2D eigenvalue weighted by Gasteiger charge is 2.16. The van der Waals surface area contributed by atoms with Crippen LogP contribution in [0.15, 0.2) is 0 Å². The number of nitrogens with two attached hydrogens (primary N) is 1. The lowest BCUT2D eigenvalue weighted by molar-refractivity contribution is 0.159. The third kappa shape index (κ3) is 0.640. The lowest BCUT2D eigenvalue weighted by atomic mass is 10.7. The molecule has 0 aromatic carbocycles. The lowest BCUT2D eigenvalue weighted by Gasteiger charge is -1.98. The number of carbonyl (C=O) groups excluding carboxylic acids is 1. The Morgan fingerprint density at radius 2 is 2.86 bits per heavy atom. The number of hydrogen-bond acceptors (Lipinski definition) is 3. The van der Waals surface area contributed by atoms with Crippen LogP contribution in [-0.2, 0) is 4.74 Å². The molecular weight excluding hydrogens is 96.0 g/mol. The summed E-state index contributed by atoms with van der Waals surface area (Å²) in [5.41, 5.74) is 0. The van der Waals surface area contributed by atoms with Gasteiger partial charge in [-0.2, -0.15) is 0 Å². The fourth-order valence-corrected chi connectivity index (χ4v) is 0.338. The van der Waals surface area contributed by atoms with Gasteiger partial charge in [0.2, 0.25) is 0 Å². The minimum atomic E-state index is -0.720. The molecule has 0 saturated carbocycles. The van der Waals surface area contributed by atoms with Crippen LogP contribution >= 0.6 is 0 Å². The summed E-state index contributed by atoms with van der Waals surface area (Å²) >= 11 is 0. The molecule has 1 fully saturated rings. The van der Waals surface area contributed by atoms with Crippen LogP contribution in [0.4, 0.5) is 4.79 Å². The first-order chi connectivity index (χ1) is 3.72. The highest BCUT2D eigenvalue weighted by molar-refractivity contribution is 5.68. The van der Waals surface area contributed by atoms with Crippen LogP contribution in [0.25, 0.3) is 0 Å². The van der Waals surface area contributed by atoms with Gasteiger partial charge in [-0.1, -0.05) is 0 Å². The van der Waals surface area contributed by atoms with Crippen LogP contribution in [-0.4, -0.2) is 24.2 Å². The summed E-state index contributed by atoms with van der Waals surface area (Å²) in [6.45, 7) is -0.641. The molecule has 1 aliphatic rings. The lowest BCUT2D eigenvalue weighted by Crippen LogP contribution is -2.31. The number of hydrogen-bond donors (Lipinski definition) is 1. The van der Waals surface area contributed by atoms with E-state index in [1.165, 1.54) is 0 Å². The smallest absolute Gasteiger partial charge is 0.424 e. The van der Waals surface area contributed by atoms with E-state index in [0.29, 0.717) is 0 Å². The van der Waals surface area contributed by atoms with Gasteiger partial charge in [0.1, 0.15) is 6.61 Å². The Morgan fingerprint density at radius 3 is 3.00 bits per heavy atom. The second kappa shape index (κ2) is 1.38. The van der Waals surface area contributed by atoms with Crippen molar-refractivity contribution in [1.29, 1.82) is 0 Å². The number of amides is 1. The summed E-state index contributed by atoms with van der Waals surface area (Å²) in [5.74, 6) is 4.99. The van der Waals surface area contributed by atoms with Crippen molar-refractivity contribution in [2.24, 2.45) is 5.84 Å². The van der Waals surface area contributed by atoms with Crippen molar-refractivity contribution in [2.75, 3.05) is 13.1 Å². The summed E-state index contributed by atoms with van der Waals surface area (Å²) in [6.07, 6.45) is -0.620. The molecule has 0 bridgehead atoms. The highest BCUT2D eigenvalue weighted by Crippen LogP contribution is 1.93. The number of rotatable bonds is 0. The van der Waals surface area contributed by atoms with Gasteiger partial charge in [-0.15, -0.1) is 0 Å². The summed E-state index contributed by atoms with van der Waals surface area (Å²) in [5, 5.41) is 0.750. The van der Waals surface area contributed by atoms with E-state index >= 15 is 0 Å². The monoisotopic (exact) mass is 103 g/mol. The predicted octanol–water partition coefficient (Wildman–Crippen LogP) is -0.688. The summed E-state index contributed by atoms with van der Waals surface area (Å²) in [7, 11) is 0. The predicted molar refractivity (Wildman–Crippen MR) is 22.2 cm³/mol. The average molecular weight is 103 g/mol. The Balaban J connectivity index is 2.56. The zero-order valence-corrected chi connectivity index (χ0v) is 3.63. The topological polar surface area (TPSA) is 55.6 Å². The van der Waals surface area contributed by atoms with Crippen LogP contribution in [0, 0.1) is 0 Å². The van der Waals surface area contributed by atoms with Crippen molar-refractivity contribution in [1.82, 2.24) is 5.01 Å². The van der Waals surface area contributed by atoms with Crippen molar-refractivity contribution in [3.8, 4) is 0 Å². The third-order valence-electron chi connectivity index (χ3n) is 0.689. The van der Waals surface area contributed by atoms with E-state index in [4.69, 9.17) is 7.21 Å². The van der Waals surface area contributed by atoms with E-state index < -0.39 is 12.6 Å². The maximum Gasteiger partial charge on any atom is 0.424 e. The normalized spacial score (nSPS) is 32.7. The van der Waals surface area contributed by atoms with Crippen LogP contribution < -0.4 is 5.84 Å². The maximum absolute atomic E-state index is 10.2. The van der Waals surface area contributed by atoms with Gasteiger partial charge < -0.3 is 4.74 Å². The van der Waals surface area contributed by atoms with E-state index in [9.17, 15) is 4.79 Å². The molecule has 40 valence electrons. The van der Waals surface area contributed by atoms with Gasteiger partial charge >= 0.3 is 6.09 Å². The molecule has 1 atom stereocenters. The van der Waals surface area contributed by atoms with Gasteiger partial charge in [0.25, 0.3) is 0 Å². The van der Waals surface area contributed by atoms with E-state index in [1.54, 1.807) is 0 Å². The van der Waals surface area contributed by atoms with Crippen LogP contribution in [0.1, 0.15) is 1.37 Å². The van der Waals surface area contributed by atoms with Gasteiger partial charge in [0, 0.05) is 0 Å². The molecule has 1 amide bonds. The van der Waals surface area contributed by atoms with Gasteiger partial charge in [-0.05, 0) is 0 Å². The molecule has 0 aromatic heterocycles. The molecule has 2 N–H and O–H groups in total. The Morgan fingerprint density at radius 1 is 2.14 bits per heavy atom. The van der Waals surface area contributed by atoms with Gasteiger partial charge in [-0.25, -0.2) is 15.6 Å². The molecule has 4 heteroatoms. The van der Waals surface area contributed by atoms with Gasteiger partial charge in [-0.3, -0.25) is 0 Å². The van der Waals surface area contributed by atoms with E-state index in [1.807, 2.05) is 0 Å². The van der Waals surface area contributed by atoms with Crippen molar-refractivity contribution in [3.63, 3.8) is 0 Å². The number of ether oxygens (including phenoxy) is 1. The second-order valence-electron chi connectivity index (χ2n) is 1.17. The summed E-state index contributed by atoms with van der Waals surface area (Å²) in [6, 6.07) is 0. The standard InChI is InChI=1S/C3H6N2O2/c4-5-1-2-7-3(5)6/h1-2,4H2/i1D. The average Bonchev–Trinajstić information content (AvgIpc) is 1.98. The first kappa shape index (κ1) is 3.26. The zero-order chi connectivity index (χ0) is 6.15. The third-order valence-corrected chi connectivity index (χ3v) is 0.689. The van der Waals surface area contributed by atoms with E-state index in [2.05, 4.69) is 4.74 Å². The van der Waals surface area contributed by atoms with Crippen molar-refractivity contribution >= 4 is 6.09 Å². The molecule has 1 aliphatic heterocycles. The maximum atomic E-state index is 10.2. The van der Waals surface area contributed by atoms with E-state index in [-0.39, 0.29) is 6.61 Å². The molecule has 0 aromatic rings. The molecule has 1 unspecified atom stereocenters. The fraction of sp³-hybridized carbons (Fsp3) is 0.667. The van der Waals surface area contributed by atoms with Crippen molar-refractivity contribution < 1.29 is 10.9 Å². The summed E-state index contributed by atoms with van der Waals surface area (Å²) < 4.78 is 11.3. The Labute approximate surface area is 42.2 Å². The molecule has 1 saturated heterocycles. The molecule has 0 aliphatic carbocycles. The Bertz CT molecular complexity index is 118. The molecule has 7 heavy (non-hydrogen) atoms. The molecule has 0 radical (unpaired) electrons. The van der Waals surface area contributed by atoms with Crippen LogP contribution in [0.5, 0.6) is 0 Å². The Kier molecular flexibility index (Phi) is 0.643. The largest absolute Gasteiger partial charge is 0.447 e. The minimum absolute atomic E-state index is 0.0787. The highest BCUT2D eigenvalue weighted by atomic mass is 16.6. The van der Waals surface area contributed by atoms with Crippen molar-refractivity contribution in [2.45, 2.75) is 0 Å². The first-order valence-corrected chi connectivity index (χ1v) is 1.85. The van der Waals surface area contributed by atoms with Crippen LogP contribution in [0.2, 0.25) is 0 Å². The van der Waals surface area contributed by atoms with E-state index in [0.717, 1.165) is 5.01 Å². The first-order valence-electron chi connectivity index (χ1n) is 2.42. The minimum Gasteiger partial charge on any atom is -0.447 e. The quantitative estimate of drug-likeness (QED) is 0.326. The second-order valence-corrected chi connectivity index (χ2v) is 1.17. The summed E-state index contributed by atoms with van der Waals surface area (Å²) in [4.78, 5) is 10.2. The fourth-order valence-electron chi connectivity index (χ4n) is 0.338. The number of carbonyl (C=O) groups is 1. The number of cyclic esters (lactones) is 1. The molecular formula is C3H6N2O2. The Hall–Kier alpha value is -0.770. The van der Waals surface area contributed by atoms with Crippen molar-refractivity contribution in [3.05, 3.63) is 0 Å². The molecule has 1 heterocycles. The molecule has 0 spiro atoms. The zero-order valence-electron chi connectivity index (χ0n) is 4.63. The van der Waals surface area contributed by atoms with Crippen LogP contribution in [0.3, 0.4) is 0 Å². The SMILES string of the molecule is [2H]C1COC(=O)N1N. The number of hydrazine groups is 1. The molecule has 4 nitrogen and oxygen atoms in total. The molecule has 1 rings (SSSR count). The van der Waals surface area contributed by atoms with Gasteiger partial charge in [0.05, 0.1) is 7.89 Å².